The van der Waals surface area contributed by atoms with Gasteiger partial charge in [-0.2, -0.15) is 0 Å². The van der Waals surface area contributed by atoms with Gasteiger partial charge in [-0.1, -0.05) is 23.5 Å². The number of nitrogens with zero attached hydrogens (tertiary/aromatic N) is 4. The molecule has 1 fully saturated rings. The van der Waals surface area contributed by atoms with E-state index in [2.05, 4.69) is 24.0 Å². The normalized spacial score (nSPS) is 14.2. The number of morpholine rings is 1. The number of carbonyl (C=O) groups is 1. The van der Waals surface area contributed by atoms with Gasteiger partial charge in [-0.25, -0.2) is 4.98 Å². The number of anilines is 2. The predicted molar refractivity (Wildman–Crippen MR) is 136 cm³/mol. The topological polar surface area (TPSA) is 48.9 Å². The van der Waals surface area contributed by atoms with Crippen LogP contribution in [0.5, 0.6) is 0 Å². The van der Waals surface area contributed by atoms with Crippen LogP contribution < -0.4 is 9.80 Å². The van der Waals surface area contributed by atoms with Crippen LogP contribution in [0.3, 0.4) is 0 Å². The van der Waals surface area contributed by atoms with Crippen molar-refractivity contribution in [1.29, 1.82) is 0 Å². The average molecular weight is 475 g/mol. The van der Waals surface area contributed by atoms with Crippen molar-refractivity contribution in [2.75, 3.05) is 63.3 Å². The predicted octanol–water partition coefficient (Wildman–Crippen LogP) is 4.46. The van der Waals surface area contributed by atoms with Gasteiger partial charge in [0.15, 0.2) is 5.13 Å². The van der Waals surface area contributed by atoms with Crippen LogP contribution in [0.1, 0.15) is 22.3 Å². The van der Waals surface area contributed by atoms with Gasteiger partial charge in [0.25, 0.3) is 5.91 Å². The molecule has 0 unspecified atom stereocenters. The molecule has 0 saturated carbocycles. The second kappa shape index (κ2) is 11.1. The molecule has 1 aliphatic rings. The van der Waals surface area contributed by atoms with E-state index in [1.165, 1.54) is 0 Å². The number of hydrogen-bond acceptors (Lipinski definition) is 6. The van der Waals surface area contributed by atoms with Gasteiger partial charge in [0.2, 0.25) is 0 Å². The highest BCUT2D eigenvalue weighted by Crippen LogP contribution is 2.31. The van der Waals surface area contributed by atoms with E-state index < -0.39 is 0 Å². The third-order valence-corrected chi connectivity index (χ3v) is 6.72. The molecule has 0 radical (unpaired) electrons. The molecule has 1 saturated heterocycles. The Hall–Kier alpha value is -2.19. The Morgan fingerprint density at radius 3 is 2.50 bits per heavy atom. The number of ether oxygens (including phenoxy) is 1. The van der Waals surface area contributed by atoms with Crippen molar-refractivity contribution in [3.05, 3.63) is 53.6 Å². The lowest BCUT2D eigenvalue weighted by Crippen LogP contribution is -2.39. The molecular weight excluding hydrogens is 444 g/mol. The number of hydrogen-bond donors (Lipinski definition) is 0. The summed E-state index contributed by atoms with van der Waals surface area (Å²) in [5, 5.41) is 0.771. The molecule has 3 aromatic rings. The first-order valence-corrected chi connectivity index (χ1v) is 11.6. The molecular formula is C24H31ClN4O2S. The number of para-hydroxylation sites is 1. The average Bonchev–Trinajstić information content (AvgIpc) is 3.22. The number of amides is 1. The lowest BCUT2D eigenvalue weighted by atomic mass is 10.1. The molecule has 8 heteroatoms. The SMILES string of the molecule is Cc1cccc2sc(N(CCCN3CCOCC3)C(=O)c3ccc(N(C)C)cc3)nc12.Cl. The Balaban J connectivity index is 0.00000289. The third kappa shape index (κ3) is 5.59. The Kier molecular flexibility index (Phi) is 8.48. The number of aromatic nitrogens is 1. The lowest BCUT2D eigenvalue weighted by Gasteiger charge is -2.27. The van der Waals surface area contributed by atoms with Crippen LogP contribution in [-0.2, 0) is 4.74 Å². The minimum Gasteiger partial charge on any atom is -0.379 e. The van der Waals surface area contributed by atoms with E-state index >= 15 is 0 Å². The summed E-state index contributed by atoms with van der Waals surface area (Å²) in [4.78, 5) is 24.7. The van der Waals surface area contributed by atoms with Crippen LogP contribution in [0.25, 0.3) is 10.2 Å². The molecule has 4 rings (SSSR count). The molecule has 0 aliphatic carbocycles. The quantitative estimate of drug-likeness (QED) is 0.506. The van der Waals surface area contributed by atoms with Crippen LogP contribution in [-0.4, -0.2) is 69.3 Å². The van der Waals surface area contributed by atoms with Crippen molar-refractivity contribution in [2.45, 2.75) is 13.3 Å². The van der Waals surface area contributed by atoms with Crippen LogP contribution in [0, 0.1) is 6.92 Å². The fourth-order valence-corrected chi connectivity index (χ4v) is 4.88. The zero-order valence-electron chi connectivity index (χ0n) is 18.9. The smallest absolute Gasteiger partial charge is 0.260 e. The van der Waals surface area contributed by atoms with Crippen molar-refractivity contribution in [3.63, 3.8) is 0 Å². The van der Waals surface area contributed by atoms with E-state index in [9.17, 15) is 4.79 Å². The van der Waals surface area contributed by atoms with Crippen LogP contribution in [0.4, 0.5) is 10.8 Å². The summed E-state index contributed by atoms with van der Waals surface area (Å²) in [6, 6.07) is 14.0. The van der Waals surface area contributed by atoms with E-state index in [-0.39, 0.29) is 18.3 Å². The van der Waals surface area contributed by atoms with Crippen molar-refractivity contribution in [3.8, 4) is 0 Å². The van der Waals surface area contributed by atoms with Crippen molar-refractivity contribution < 1.29 is 9.53 Å². The number of benzene rings is 2. The highest BCUT2D eigenvalue weighted by atomic mass is 35.5. The van der Waals surface area contributed by atoms with Crippen LogP contribution in [0.2, 0.25) is 0 Å². The zero-order valence-corrected chi connectivity index (χ0v) is 20.5. The molecule has 0 bridgehead atoms. The minimum atomic E-state index is 0. The van der Waals surface area contributed by atoms with E-state index in [4.69, 9.17) is 9.72 Å². The molecule has 1 aliphatic heterocycles. The molecule has 0 atom stereocenters. The zero-order chi connectivity index (χ0) is 21.8. The summed E-state index contributed by atoms with van der Waals surface area (Å²) in [6.45, 7) is 7.16. The second-order valence-corrected chi connectivity index (χ2v) is 9.13. The summed E-state index contributed by atoms with van der Waals surface area (Å²) in [7, 11) is 4.00. The summed E-state index contributed by atoms with van der Waals surface area (Å²) in [5.74, 6) is 0.00370. The maximum atomic E-state index is 13.5. The Bertz CT molecular complexity index is 1030. The lowest BCUT2D eigenvalue weighted by molar-refractivity contribution is 0.0376. The van der Waals surface area contributed by atoms with Gasteiger partial charge in [-0.15, -0.1) is 12.4 Å². The van der Waals surface area contributed by atoms with E-state index in [0.29, 0.717) is 12.1 Å². The van der Waals surface area contributed by atoms with Gasteiger partial charge in [0.05, 0.1) is 23.4 Å². The van der Waals surface area contributed by atoms with Crippen molar-refractivity contribution in [2.24, 2.45) is 0 Å². The molecule has 2 aromatic carbocycles. The first-order valence-electron chi connectivity index (χ1n) is 10.8. The minimum absolute atomic E-state index is 0. The fourth-order valence-electron chi connectivity index (χ4n) is 3.81. The van der Waals surface area contributed by atoms with Gasteiger partial charge in [0, 0.05) is 51.5 Å². The summed E-state index contributed by atoms with van der Waals surface area (Å²) >= 11 is 1.59. The van der Waals surface area contributed by atoms with Gasteiger partial charge in [-0.3, -0.25) is 14.6 Å². The summed E-state index contributed by atoms with van der Waals surface area (Å²) in [5.41, 5.74) is 3.88. The van der Waals surface area contributed by atoms with E-state index in [0.717, 1.165) is 65.9 Å². The Morgan fingerprint density at radius 1 is 1.12 bits per heavy atom. The first-order chi connectivity index (χ1) is 15.0. The Morgan fingerprint density at radius 2 is 1.84 bits per heavy atom. The van der Waals surface area contributed by atoms with E-state index in [1.54, 1.807) is 11.3 Å². The highest BCUT2D eigenvalue weighted by Gasteiger charge is 2.22. The molecule has 172 valence electrons. The number of thiazole rings is 1. The number of fused-ring (bicyclic) bond motifs is 1. The molecule has 0 spiro atoms. The summed E-state index contributed by atoms with van der Waals surface area (Å²) < 4.78 is 6.56. The number of carbonyl (C=O) groups excluding carboxylic acids is 1. The van der Waals surface area contributed by atoms with Crippen LogP contribution in [0.15, 0.2) is 42.5 Å². The standard InChI is InChI=1S/C24H30N4O2S.ClH/c1-18-6-4-7-21-22(18)25-24(31-21)28(13-5-12-27-14-16-30-17-15-27)23(29)19-8-10-20(11-9-19)26(2)3;/h4,6-11H,5,12-17H2,1-3H3;1H. The van der Waals surface area contributed by atoms with Crippen molar-refractivity contribution in [1.82, 2.24) is 9.88 Å². The third-order valence-electron chi connectivity index (χ3n) is 5.68. The highest BCUT2D eigenvalue weighted by molar-refractivity contribution is 7.22. The Labute approximate surface area is 200 Å². The van der Waals surface area contributed by atoms with Gasteiger partial charge in [-0.05, 0) is 49.2 Å². The second-order valence-electron chi connectivity index (χ2n) is 8.12. The maximum Gasteiger partial charge on any atom is 0.260 e. The van der Waals surface area contributed by atoms with Gasteiger partial charge >= 0.3 is 0 Å². The number of halogens is 1. The number of aryl methyl sites for hydroxylation is 1. The molecule has 2 heterocycles. The largest absolute Gasteiger partial charge is 0.379 e. The first kappa shape index (κ1) is 24.5. The van der Waals surface area contributed by atoms with Gasteiger partial charge in [0.1, 0.15) is 0 Å². The number of rotatable bonds is 7. The van der Waals surface area contributed by atoms with Gasteiger partial charge < -0.3 is 9.64 Å². The molecule has 0 N–H and O–H groups in total. The van der Waals surface area contributed by atoms with Crippen molar-refractivity contribution >= 4 is 50.7 Å². The molecule has 32 heavy (non-hydrogen) atoms. The summed E-state index contributed by atoms with van der Waals surface area (Å²) in [6.07, 6.45) is 0.899. The fraction of sp³-hybridized carbons (Fsp3) is 0.417. The maximum absolute atomic E-state index is 13.5. The molecule has 6 nitrogen and oxygen atoms in total. The van der Waals surface area contributed by atoms with E-state index in [1.807, 2.05) is 54.2 Å². The monoisotopic (exact) mass is 474 g/mol. The molecule has 1 amide bonds. The van der Waals surface area contributed by atoms with Crippen LogP contribution >= 0.6 is 23.7 Å². The molecule has 1 aromatic heterocycles.